The molecule has 3 atom stereocenters. The number of nitrogens with two attached hydrogens (primary N) is 1. The molecular formula is C12H20N4O8S. The van der Waals surface area contributed by atoms with Gasteiger partial charge in [0.25, 0.3) is 0 Å². The molecule has 0 saturated carbocycles. The predicted molar refractivity (Wildman–Crippen MR) is 85.7 cm³/mol. The van der Waals surface area contributed by atoms with E-state index < -0.39 is 67.4 Å². The van der Waals surface area contributed by atoms with Gasteiger partial charge in [0, 0.05) is 5.75 Å². The Morgan fingerprint density at radius 1 is 0.920 bits per heavy atom. The van der Waals surface area contributed by atoms with Crippen LogP contribution in [0.2, 0.25) is 0 Å². The molecule has 0 radical (unpaired) electrons. The summed E-state index contributed by atoms with van der Waals surface area (Å²) < 4.78 is 0. The van der Waals surface area contributed by atoms with Gasteiger partial charge in [-0.3, -0.25) is 19.2 Å². The summed E-state index contributed by atoms with van der Waals surface area (Å²) in [4.78, 5) is 56.8. The van der Waals surface area contributed by atoms with Gasteiger partial charge in [-0.05, 0) is 0 Å². The normalized spacial score (nSPS) is 13.9. The number of thiol groups is 1. The molecule has 0 rings (SSSR count). The fourth-order valence-corrected chi connectivity index (χ4v) is 1.82. The molecule has 0 aliphatic heterocycles. The SMILES string of the molecule is NCC(=O)NC(CC(=O)O)C(=O)NC(CS)C(=O)NC(CO)C(=O)O. The van der Waals surface area contributed by atoms with E-state index in [4.69, 9.17) is 21.1 Å². The second-order valence-electron chi connectivity index (χ2n) is 4.75. The molecule has 8 N–H and O–H groups in total. The molecule has 0 bridgehead atoms. The summed E-state index contributed by atoms with van der Waals surface area (Å²) in [6.45, 7) is -1.35. The number of hydrogen-bond acceptors (Lipinski definition) is 8. The summed E-state index contributed by atoms with van der Waals surface area (Å²) in [6.07, 6.45) is -0.757. The van der Waals surface area contributed by atoms with Crippen LogP contribution in [0.4, 0.5) is 0 Å². The Morgan fingerprint density at radius 3 is 1.84 bits per heavy atom. The number of aliphatic hydroxyl groups is 1. The second kappa shape index (κ2) is 11.2. The van der Waals surface area contributed by atoms with Gasteiger partial charge in [-0.15, -0.1) is 0 Å². The van der Waals surface area contributed by atoms with Crippen molar-refractivity contribution in [3.8, 4) is 0 Å². The Bertz CT molecular complexity index is 529. The number of nitrogens with one attached hydrogen (secondary N) is 3. The third-order valence-corrected chi connectivity index (χ3v) is 3.19. The molecular weight excluding hydrogens is 360 g/mol. The number of hydrogen-bond donors (Lipinski definition) is 8. The number of rotatable bonds is 11. The lowest BCUT2D eigenvalue weighted by Gasteiger charge is -2.22. The maximum atomic E-state index is 12.1. The molecule has 0 heterocycles. The van der Waals surface area contributed by atoms with E-state index in [9.17, 15) is 24.0 Å². The van der Waals surface area contributed by atoms with E-state index in [-0.39, 0.29) is 5.75 Å². The Morgan fingerprint density at radius 2 is 1.44 bits per heavy atom. The minimum Gasteiger partial charge on any atom is -0.481 e. The van der Waals surface area contributed by atoms with E-state index in [0.29, 0.717) is 0 Å². The van der Waals surface area contributed by atoms with Crippen LogP contribution < -0.4 is 21.7 Å². The van der Waals surface area contributed by atoms with Crippen LogP contribution in [-0.2, 0) is 24.0 Å². The monoisotopic (exact) mass is 380 g/mol. The van der Waals surface area contributed by atoms with Crippen molar-refractivity contribution in [1.29, 1.82) is 0 Å². The van der Waals surface area contributed by atoms with Crippen LogP contribution >= 0.6 is 12.6 Å². The fraction of sp³-hybridized carbons (Fsp3) is 0.583. The average molecular weight is 380 g/mol. The van der Waals surface area contributed by atoms with E-state index >= 15 is 0 Å². The first-order valence-corrected chi connectivity index (χ1v) is 7.55. The number of aliphatic carboxylic acids is 2. The highest BCUT2D eigenvalue weighted by Gasteiger charge is 2.29. The number of amides is 3. The first-order chi connectivity index (χ1) is 11.7. The van der Waals surface area contributed by atoms with Gasteiger partial charge in [-0.25, -0.2) is 4.79 Å². The average Bonchev–Trinajstić information content (AvgIpc) is 2.55. The van der Waals surface area contributed by atoms with E-state index in [1.165, 1.54) is 0 Å². The van der Waals surface area contributed by atoms with Crippen molar-refractivity contribution >= 4 is 42.3 Å². The van der Waals surface area contributed by atoms with E-state index in [0.717, 1.165) is 0 Å². The lowest BCUT2D eigenvalue weighted by atomic mass is 10.1. The molecule has 3 unspecified atom stereocenters. The summed E-state index contributed by atoms with van der Waals surface area (Å²) >= 11 is 3.85. The Hall–Kier alpha value is -2.38. The lowest BCUT2D eigenvalue weighted by molar-refractivity contribution is -0.144. The highest BCUT2D eigenvalue weighted by atomic mass is 32.1. The number of aliphatic hydroxyl groups excluding tert-OH is 1. The van der Waals surface area contributed by atoms with Crippen molar-refractivity contribution < 1.29 is 39.3 Å². The third kappa shape index (κ3) is 8.32. The topological polar surface area (TPSA) is 208 Å². The largest absolute Gasteiger partial charge is 0.481 e. The maximum absolute atomic E-state index is 12.1. The van der Waals surface area contributed by atoms with Crippen molar-refractivity contribution in [2.24, 2.45) is 5.73 Å². The summed E-state index contributed by atoms with van der Waals surface area (Å²) in [5.41, 5.74) is 5.08. The molecule has 3 amide bonds. The van der Waals surface area contributed by atoms with Crippen molar-refractivity contribution in [1.82, 2.24) is 16.0 Å². The predicted octanol–water partition coefficient (Wildman–Crippen LogP) is -4.12. The number of carboxylic acid groups (broad SMARTS) is 2. The van der Waals surface area contributed by atoms with Crippen molar-refractivity contribution in [2.45, 2.75) is 24.5 Å². The highest BCUT2D eigenvalue weighted by Crippen LogP contribution is 1.98. The molecule has 0 fully saturated rings. The smallest absolute Gasteiger partial charge is 0.328 e. The molecule has 13 heteroatoms. The van der Waals surface area contributed by atoms with Crippen LogP contribution in [0.25, 0.3) is 0 Å². The van der Waals surface area contributed by atoms with Gasteiger partial charge in [-0.1, -0.05) is 0 Å². The molecule has 0 saturated heterocycles. The van der Waals surface area contributed by atoms with Gasteiger partial charge in [0.15, 0.2) is 0 Å². The summed E-state index contributed by atoms with van der Waals surface area (Å²) in [7, 11) is 0. The fourth-order valence-electron chi connectivity index (χ4n) is 1.56. The molecule has 0 aromatic heterocycles. The maximum Gasteiger partial charge on any atom is 0.328 e. The Balaban J connectivity index is 5.01. The van der Waals surface area contributed by atoms with Gasteiger partial charge in [0.05, 0.1) is 19.6 Å². The first kappa shape index (κ1) is 22.6. The number of carbonyl (C=O) groups is 5. The highest BCUT2D eigenvalue weighted by molar-refractivity contribution is 7.80. The van der Waals surface area contributed by atoms with Crippen LogP contribution in [0, 0.1) is 0 Å². The summed E-state index contributed by atoms with van der Waals surface area (Å²) in [5.74, 6) is -5.84. The molecule has 12 nitrogen and oxygen atoms in total. The van der Waals surface area contributed by atoms with Crippen LogP contribution in [-0.4, -0.2) is 82.0 Å². The summed E-state index contributed by atoms with van der Waals surface area (Å²) in [5, 5.41) is 32.6. The molecule has 0 spiro atoms. The molecule has 0 aromatic rings. The number of carboxylic acids is 2. The standard InChI is InChI=1S/C12H20N4O8S/c13-2-8(18)14-5(1-9(19)20)10(21)16-7(4-25)11(22)15-6(3-17)12(23)24/h5-7,17,25H,1-4,13H2,(H,14,18)(H,15,22)(H,16,21)(H,19,20)(H,23,24). The third-order valence-electron chi connectivity index (χ3n) is 2.83. The quantitative estimate of drug-likeness (QED) is 0.163. The van der Waals surface area contributed by atoms with Crippen LogP contribution in [0.3, 0.4) is 0 Å². The zero-order valence-electron chi connectivity index (χ0n) is 13.0. The van der Waals surface area contributed by atoms with Gasteiger partial charge < -0.3 is 37.0 Å². The van der Waals surface area contributed by atoms with E-state index in [1.807, 2.05) is 5.32 Å². The van der Waals surface area contributed by atoms with Crippen molar-refractivity contribution in [2.75, 3.05) is 18.9 Å². The van der Waals surface area contributed by atoms with Crippen molar-refractivity contribution in [3.63, 3.8) is 0 Å². The zero-order chi connectivity index (χ0) is 19.6. The zero-order valence-corrected chi connectivity index (χ0v) is 13.9. The van der Waals surface area contributed by atoms with E-state index in [1.54, 1.807) is 0 Å². The van der Waals surface area contributed by atoms with Gasteiger partial charge in [-0.2, -0.15) is 12.6 Å². The molecule has 0 aliphatic carbocycles. The van der Waals surface area contributed by atoms with Gasteiger partial charge >= 0.3 is 11.9 Å². The first-order valence-electron chi connectivity index (χ1n) is 6.92. The summed E-state index contributed by atoms with van der Waals surface area (Å²) in [6, 6.07) is -4.40. The van der Waals surface area contributed by atoms with Crippen LogP contribution in [0.5, 0.6) is 0 Å². The molecule has 0 aliphatic rings. The van der Waals surface area contributed by atoms with E-state index in [2.05, 4.69) is 23.3 Å². The van der Waals surface area contributed by atoms with Gasteiger partial charge in [0.2, 0.25) is 17.7 Å². The molecule has 142 valence electrons. The minimum atomic E-state index is -1.58. The number of carbonyl (C=O) groups excluding carboxylic acids is 3. The second-order valence-corrected chi connectivity index (χ2v) is 5.11. The van der Waals surface area contributed by atoms with Gasteiger partial charge in [0.1, 0.15) is 18.1 Å². The Labute approximate surface area is 147 Å². The minimum absolute atomic E-state index is 0.250. The van der Waals surface area contributed by atoms with Crippen LogP contribution in [0.1, 0.15) is 6.42 Å². The lowest BCUT2D eigenvalue weighted by Crippen LogP contribution is -2.57. The molecule has 25 heavy (non-hydrogen) atoms. The Kier molecular flexibility index (Phi) is 10.2. The van der Waals surface area contributed by atoms with Crippen molar-refractivity contribution in [3.05, 3.63) is 0 Å². The van der Waals surface area contributed by atoms with Crippen LogP contribution in [0.15, 0.2) is 0 Å². The molecule has 0 aromatic carbocycles.